The summed E-state index contributed by atoms with van der Waals surface area (Å²) in [6.45, 7) is 3.26. The zero-order valence-electron chi connectivity index (χ0n) is 12.1. The molecule has 2 atom stereocenters. The van der Waals surface area contributed by atoms with Crippen molar-refractivity contribution in [1.82, 2.24) is 5.32 Å². The Morgan fingerprint density at radius 1 is 1.30 bits per heavy atom. The molecule has 0 saturated heterocycles. The molecule has 0 bridgehead atoms. The van der Waals surface area contributed by atoms with E-state index in [4.69, 9.17) is 4.74 Å². The number of allylic oxidation sites excluding steroid dienone is 1. The van der Waals surface area contributed by atoms with E-state index in [1.807, 2.05) is 49.4 Å². The van der Waals surface area contributed by atoms with E-state index in [1.165, 1.54) is 19.6 Å². The zero-order chi connectivity index (χ0) is 15.0. The van der Waals surface area contributed by atoms with Crippen molar-refractivity contribution in [3.63, 3.8) is 0 Å². The fourth-order valence-electron chi connectivity index (χ4n) is 1.89. The van der Waals surface area contributed by atoms with E-state index < -0.39 is 12.0 Å². The van der Waals surface area contributed by atoms with E-state index in [1.54, 1.807) is 0 Å². The summed E-state index contributed by atoms with van der Waals surface area (Å²) in [6, 6.07) is 9.38. The van der Waals surface area contributed by atoms with Gasteiger partial charge in [0.1, 0.15) is 6.04 Å². The Morgan fingerprint density at radius 2 is 1.95 bits per heavy atom. The Morgan fingerprint density at radius 3 is 2.50 bits per heavy atom. The summed E-state index contributed by atoms with van der Waals surface area (Å²) in [5.74, 6) is -0.809. The number of hydrogen-bond acceptors (Lipinski definition) is 3. The van der Waals surface area contributed by atoms with Crippen LogP contribution in [0.4, 0.5) is 0 Å². The molecule has 4 heteroatoms. The van der Waals surface area contributed by atoms with Crippen molar-refractivity contribution in [2.24, 2.45) is 5.92 Å². The minimum absolute atomic E-state index is 0.130. The second-order valence-electron chi connectivity index (χ2n) is 4.68. The standard InChI is InChI=1S/C16H21NO3/c1-12(15(16(19)20-3)17-13(2)18)8-7-11-14-9-5-4-6-10-14/h4-10,12,15H,11H2,1-3H3,(H,17,18)/b8-7+/t12-,15+/m1/s1. The first kappa shape index (κ1) is 16.0. The number of hydrogen-bond donors (Lipinski definition) is 1. The molecule has 1 rings (SSSR count). The van der Waals surface area contributed by atoms with Crippen LogP contribution in [-0.2, 0) is 20.7 Å². The summed E-state index contributed by atoms with van der Waals surface area (Å²) in [5.41, 5.74) is 1.20. The van der Waals surface area contributed by atoms with Crippen LogP contribution in [0.2, 0.25) is 0 Å². The van der Waals surface area contributed by atoms with Crippen molar-refractivity contribution < 1.29 is 14.3 Å². The second kappa shape index (κ2) is 8.15. The van der Waals surface area contributed by atoms with E-state index in [0.717, 1.165) is 6.42 Å². The summed E-state index contributed by atoms with van der Waals surface area (Å²) >= 11 is 0. The van der Waals surface area contributed by atoms with Crippen LogP contribution in [0.15, 0.2) is 42.5 Å². The number of carbonyl (C=O) groups is 2. The molecular weight excluding hydrogens is 254 g/mol. The van der Waals surface area contributed by atoms with Crippen LogP contribution < -0.4 is 5.32 Å². The Labute approximate surface area is 119 Å². The highest BCUT2D eigenvalue weighted by atomic mass is 16.5. The van der Waals surface area contributed by atoms with Gasteiger partial charge in [-0.2, -0.15) is 0 Å². The first-order valence-corrected chi connectivity index (χ1v) is 6.60. The van der Waals surface area contributed by atoms with Crippen molar-refractivity contribution in [1.29, 1.82) is 0 Å². The molecule has 0 fully saturated rings. The summed E-state index contributed by atoms with van der Waals surface area (Å²) < 4.78 is 4.71. The lowest BCUT2D eigenvalue weighted by molar-refractivity contribution is -0.145. The van der Waals surface area contributed by atoms with Gasteiger partial charge in [0, 0.05) is 12.8 Å². The first-order valence-electron chi connectivity index (χ1n) is 6.60. The van der Waals surface area contributed by atoms with Crippen molar-refractivity contribution in [3.05, 3.63) is 48.0 Å². The third kappa shape index (κ3) is 5.26. The quantitative estimate of drug-likeness (QED) is 0.639. The van der Waals surface area contributed by atoms with Gasteiger partial charge < -0.3 is 10.1 Å². The Hall–Kier alpha value is -2.10. The normalized spacial score (nSPS) is 13.8. The van der Waals surface area contributed by atoms with E-state index in [0.29, 0.717) is 0 Å². The number of carbonyl (C=O) groups excluding carboxylic acids is 2. The van der Waals surface area contributed by atoms with E-state index in [2.05, 4.69) is 5.32 Å². The van der Waals surface area contributed by atoms with Crippen molar-refractivity contribution in [2.75, 3.05) is 7.11 Å². The average molecular weight is 275 g/mol. The molecule has 108 valence electrons. The first-order chi connectivity index (χ1) is 9.54. The second-order valence-corrected chi connectivity index (χ2v) is 4.68. The van der Waals surface area contributed by atoms with Gasteiger partial charge in [-0.25, -0.2) is 4.79 Å². The number of ether oxygens (including phenoxy) is 1. The van der Waals surface area contributed by atoms with Gasteiger partial charge in [-0.1, -0.05) is 49.4 Å². The monoisotopic (exact) mass is 275 g/mol. The van der Waals surface area contributed by atoms with Crippen molar-refractivity contribution in [2.45, 2.75) is 26.3 Å². The molecule has 1 N–H and O–H groups in total. The minimum atomic E-state index is -0.649. The number of methoxy groups -OCH3 is 1. The highest BCUT2D eigenvalue weighted by Gasteiger charge is 2.24. The number of rotatable bonds is 6. The maximum atomic E-state index is 11.7. The molecule has 0 spiro atoms. The lowest BCUT2D eigenvalue weighted by Gasteiger charge is -2.19. The van der Waals surface area contributed by atoms with Crippen LogP contribution in [0.1, 0.15) is 19.4 Å². The predicted octanol–water partition coefficient (Wildman–Crippen LogP) is 2.10. The fraction of sp³-hybridized carbons (Fsp3) is 0.375. The maximum absolute atomic E-state index is 11.7. The molecule has 0 saturated carbocycles. The molecule has 1 amide bonds. The van der Waals surface area contributed by atoms with Crippen molar-refractivity contribution >= 4 is 11.9 Å². The van der Waals surface area contributed by atoms with Crippen molar-refractivity contribution in [3.8, 4) is 0 Å². The average Bonchev–Trinajstić information content (AvgIpc) is 2.44. The molecule has 0 aliphatic heterocycles. The predicted molar refractivity (Wildman–Crippen MR) is 78.1 cm³/mol. The summed E-state index contributed by atoms with van der Waals surface area (Å²) in [5, 5.41) is 2.61. The molecule has 20 heavy (non-hydrogen) atoms. The number of benzene rings is 1. The molecule has 1 aromatic carbocycles. The molecule has 4 nitrogen and oxygen atoms in total. The van der Waals surface area contributed by atoms with E-state index in [-0.39, 0.29) is 11.8 Å². The summed E-state index contributed by atoms with van der Waals surface area (Å²) in [6.07, 6.45) is 4.71. The smallest absolute Gasteiger partial charge is 0.328 e. The largest absolute Gasteiger partial charge is 0.467 e. The minimum Gasteiger partial charge on any atom is -0.467 e. The lowest BCUT2D eigenvalue weighted by atomic mass is 10.00. The Kier molecular flexibility index (Phi) is 6.50. The van der Waals surface area contributed by atoms with Gasteiger partial charge >= 0.3 is 5.97 Å². The maximum Gasteiger partial charge on any atom is 0.328 e. The molecule has 0 unspecified atom stereocenters. The molecule has 0 aliphatic carbocycles. The molecule has 0 radical (unpaired) electrons. The zero-order valence-corrected chi connectivity index (χ0v) is 12.1. The van der Waals surface area contributed by atoms with Gasteiger partial charge in [0.25, 0.3) is 0 Å². The van der Waals surface area contributed by atoms with Gasteiger partial charge in [-0.05, 0) is 12.0 Å². The van der Waals surface area contributed by atoms with E-state index >= 15 is 0 Å². The fourth-order valence-corrected chi connectivity index (χ4v) is 1.89. The Bertz CT molecular complexity index is 468. The third-order valence-corrected chi connectivity index (χ3v) is 2.98. The number of esters is 1. The molecule has 0 aromatic heterocycles. The van der Waals surface area contributed by atoms with Crippen LogP contribution in [0.25, 0.3) is 0 Å². The van der Waals surface area contributed by atoms with Crippen LogP contribution in [0.3, 0.4) is 0 Å². The summed E-state index contributed by atoms with van der Waals surface area (Å²) in [4.78, 5) is 22.8. The van der Waals surface area contributed by atoms with Gasteiger partial charge in [-0.3, -0.25) is 4.79 Å². The van der Waals surface area contributed by atoms with Crippen LogP contribution >= 0.6 is 0 Å². The molecule has 0 heterocycles. The topological polar surface area (TPSA) is 55.4 Å². The highest BCUT2D eigenvalue weighted by molar-refractivity contribution is 5.83. The lowest BCUT2D eigenvalue weighted by Crippen LogP contribution is -2.44. The number of amides is 1. The SMILES string of the molecule is COC(=O)[C@@H](NC(C)=O)[C@H](C)/C=C/Cc1ccccc1. The van der Waals surface area contributed by atoms with Gasteiger partial charge in [0.05, 0.1) is 7.11 Å². The molecule has 0 aliphatic rings. The molecule has 1 aromatic rings. The van der Waals surface area contributed by atoms with Gasteiger partial charge in [0.2, 0.25) is 5.91 Å². The van der Waals surface area contributed by atoms with Crippen LogP contribution in [0, 0.1) is 5.92 Å². The van der Waals surface area contributed by atoms with Gasteiger partial charge in [-0.15, -0.1) is 0 Å². The number of nitrogens with one attached hydrogen (secondary N) is 1. The van der Waals surface area contributed by atoms with Crippen LogP contribution in [0.5, 0.6) is 0 Å². The third-order valence-electron chi connectivity index (χ3n) is 2.98. The Balaban J connectivity index is 2.63. The van der Waals surface area contributed by atoms with Gasteiger partial charge in [0.15, 0.2) is 0 Å². The highest BCUT2D eigenvalue weighted by Crippen LogP contribution is 2.09. The summed E-state index contributed by atoms with van der Waals surface area (Å²) in [7, 11) is 1.32. The van der Waals surface area contributed by atoms with E-state index in [9.17, 15) is 9.59 Å². The van der Waals surface area contributed by atoms with Crippen LogP contribution in [-0.4, -0.2) is 25.0 Å². The molecular formula is C16H21NO3.